The highest BCUT2D eigenvalue weighted by Gasteiger charge is 2.27. The Kier molecular flexibility index (Phi) is 43.5. The van der Waals surface area contributed by atoms with Gasteiger partial charge < -0.3 is 19.8 Å². The van der Waals surface area contributed by atoms with Crippen molar-refractivity contribution in [3.63, 3.8) is 0 Å². The summed E-state index contributed by atoms with van der Waals surface area (Å²) < 4.78 is 23.6. The van der Waals surface area contributed by atoms with Crippen LogP contribution in [0.25, 0.3) is 0 Å². The van der Waals surface area contributed by atoms with Gasteiger partial charge in [-0.05, 0) is 57.8 Å². The van der Waals surface area contributed by atoms with Crippen LogP contribution in [-0.4, -0.2) is 73.4 Å². The van der Waals surface area contributed by atoms with E-state index < -0.39 is 20.0 Å². The fourth-order valence-corrected chi connectivity index (χ4v) is 8.18. The highest BCUT2D eigenvalue weighted by molar-refractivity contribution is 7.47. The summed E-state index contributed by atoms with van der Waals surface area (Å²) in [5.41, 5.74) is 0. The van der Waals surface area contributed by atoms with Crippen LogP contribution in [0.4, 0.5) is 0 Å². The molecule has 0 saturated heterocycles. The number of phosphoric acid groups is 1. The van der Waals surface area contributed by atoms with E-state index in [1.54, 1.807) is 6.08 Å². The second-order valence-electron chi connectivity index (χ2n) is 18.9. The molecule has 0 aromatic rings. The Morgan fingerprint density at radius 3 is 1.47 bits per heavy atom. The number of amides is 1. The SMILES string of the molecule is CC/C=C\C/C=C\CCCCCCCCCCCCCCCCC(=O)NC(COP(=O)(O)OCC[N+](C)(C)C)C(O)/C=C/CC/C=C/CCCCCCCCCCCCCCC. The third-order valence-electron chi connectivity index (χ3n) is 11.5. The van der Waals surface area contributed by atoms with Gasteiger partial charge >= 0.3 is 7.82 Å². The molecule has 9 heteroatoms. The molecule has 0 aliphatic rings. The minimum Gasteiger partial charge on any atom is -0.387 e. The van der Waals surface area contributed by atoms with Gasteiger partial charge in [0.1, 0.15) is 13.2 Å². The molecule has 3 N–H and O–H groups in total. The lowest BCUT2D eigenvalue weighted by atomic mass is 10.0. The number of nitrogens with one attached hydrogen (secondary N) is 1. The number of allylic oxidation sites excluding steroid dienone is 7. The first-order valence-corrected chi connectivity index (χ1v) is 27.5. The van der Waals surface area contributed by atoms with Gasteiger partial charge in [-0.15, -0.1) is 0 Å². The zero-order chi connectivity index (χ0) is 45.7. The second kappa shape index (κ2) is 44.7. The topological polar surface area (TPSA) is 105 Å². The zero-order valence-electron chi connectivity index (χ0n) is 41.4. The summed E-state index contributed by atoms with van der Waals surface area (Å²) in [6.07, 6.45) is 57.7. The van der Waals surface area contributed by atoms with E-state index in [1.807, 2.05) is 27.2 Å². The van der Waals surface area contributed by atoms with Crippen LogP contribution in [-0.2, 0) is 18.4 Å². The number of carbonyl (C=O) groups is 1. The van der Waals surface area contributed by atoms with Gasteiger partial charge in [0.15, 0.2) is 0 Å². The highest BCUT2D eigenvalue weighted by Crippen LogP contribution is 2.43. The number of rotatable bonds is 47. The predicted octanol–water partition coefficient (Wildman–Crippen LogP) is 15.2. The summed E-state index contributed by atoms with van der Waals surface area (Å²) in [4.78, 5) is 23.2. The van der Waals surface area contributed by atoms with E-state index in [9.17, 15) is 19.4 Å². The molecule has 0 aliphatic heterocycles. The van der Waals surface area contributed by atoms with Gasteiger partial charge in [-0.1, -0.05) is 217 Å². The lowest BCUT2D eigenvalue weighted by Crippen LogP contribution is -2.45. The molecular weight excluding hydrogens is 792 g/mol. The van der Waals surface area contributed by atoms with E-state index in [0.717, 1.165) is 51.4 Å². The normalized spacial score (nSPS) is 14.5. The van der Waals surface area contributed by atoms with Crippen molar-refractivity contribution in [3.8, 4) is 0 Å². The molecule has 62 heavy (non-hydrogen) atoms. The lowest BCUT2D eigenvalue weighted by molar-refractivity contribution is -0.870. The average Bonchev–Trinajstić information content (AvgIpc) is 3.23. The largest absolute Gasteiger partial charge is 0.472 e. The van der Waals surface area contributed by atoms with E-state index in [-0.39, 0.29) is 19.1 Å². The number of phosphoric ester groups is 1. The summed E-state index contributed by atoms with van der Waals surface area (Å²) in [6, 6.07) is -0.863. The summed E-state index contributed by atoms with van der Waals surface area (Å²) in [7, 11) is 1.56. The molecule has 0 aliphatic carbocycles. The summed E-state index contributed by atoms with van der Waals surface area (Å²) in [5.74, 6) is -0.187. The first-order valence-electron chi connectivity index (χ1n) is 26.0. The van der Waals surface area contributed by atoms with Crippen LogP contribution < -0.4 is 5.32 Å². The number of carbonyl (C=O) groups excluding carboxylic acids is 1. The van der Waals surface area contributed by atoms with E-state index in [2.05, 4.69) is 55.6 Å². The number of hydrogen-bond donors (Lipinski definition) is 3. The molecule has 0 radical (unpaired) electrons. The van der Waals surface area contributed by atoms with Crippen molar-refractivity contribution in [2.45, 2.75) is 244 Å². The molecule has 0 heterocycles. The van der Waals surface area contributed by atoms with Crippen molar-refractivity contribution < 1.29 is 32.9 Å². The Morgan fingerprint density at radius 2 is 0.984 bits per heavy atom. The molecule has 0 saturated carbocycles. The van der Waals surface area contributed by atoms with Crippen molar-refractivity contribution in [1.82, 2.24) is 5.32 Å². The molecular formula is C53H102N2O6P+. The molecule has 0 bridgehead atoms. The van der Waals surface area contributed by atoms with Crippen LogP contribution in [0.2, 0.25) is 0 Å². The number of unbranched alkanes of at least 4 members (excludes halogenated alkanes) is 28. The van der Waals surface area contributed by atoms with Crippen molar-refractivity contribution >= 4 is 13.7 Å². The fraction of sp³-hybridized carbons (Fsp3) is 0.830. The number of hydrogen-bond acceptors (Lipinski definition) is 5. The zero-order valence-corrected chi connectivity index (χ0v) is 42.3. The maximum Gasteiger partial charge on any atom is 0.472 e. The van der Waals surface area contributed by atoms with Crippen molar-refractivity contribution in [3.05, 3.63) is 48.6 Å². The van der Waals surface area contributed by atoms with Crippen LogP contribution in [0.15, 0.2) is 48.6 Å². The molecule has 364 valence electrons. The first kappa shape index (κ1) is 60.5. The Morgan fingerprint density at radius 1 is 0.565 bits per heavy atom. The Labute approximate surface area is 384 Å². The van der Waals surface area contributed by atoms with Gasteiger partial charge in [-0.2, -0.15) is 0 Å². The van der Waals surface area contributed by atoms with Crippen molar-refractivity contribution in [2.75, 3.05) is 40.9 Å². The van der Waals surface area contributed by atoms with Gasteiger partial charge in [0, 0.05) is 6.42 Å². The van der Waals surface area contributed by atoms with Gasteiger partial charge in [0.25, 0.3) is 0 Å². The number of quaternary nitrogens is 1. The number of likely N-dealkylation sites (N-methyl/N-ethyl adjacent to an activating group) is 1. The molecule has 0 aromatic heterocycles. The maximum absolute atomic E-state index is 12.9. The summed E-state index contributed by atoms with van der Waals surface area (Å²) in [6.45, 7) is 4.71. The van der Waals surface area contributed by atoms with Gasteiger partial charge in [0.2, 0.25) is 5.91 Å². The van der Waals surface area contributed by atoms with Crippen molar-refractivity contribution in [1.29, 1.82) is 0 Å². The third kappa shape index (κ3) is 46.5. The highest BCUT2D eigenvalue weighted by atomic mass is 31.2. The molecule has 0 fully saturated rings. The minimum atomic E-state index is -4.35. The van der Waals surface area contributed by atoms with E-state index in [0.29, 0.717) is 17.4 Å². The number of aliphatic hydroxyl groups excluding tert-OH is 1. The first-order chi connectivity index (χ1) is 30.0. The standard InChI is InChI=1S/C53H101N2O6P/c1-6-8-10-12-14-16-18-20-22-24-26-27-29-31-33-35-37-39-41-43-45-47-53(57)54-51(50-61-62(58,59)60-49-48-55(3,4)5)52(56)46-44-42-40-38-36-34-32-30-28-25-23-21-19-17-15-13-11-9-7-2/h8,10,14,16,36,38,44,46,51-52,56H,6-7,9,11-13,15,17-35,37,39-43,45,47-50H2,1-5H3,(H-,54,57,58,59)/p+1/b10-8-,16-14-,38-36+,46-44+. The molecule has 3 unspecified atom stereocenters. The molecule has 8 nitrogen and oxygen atoms in total. The lowest BCUT2D eigenvalue weighted by Gasteiger charge is -2.25. The third-order valence-corrected chi connectivity index (χ3v) is 12.5. The Hall–Kier alpha value is -1.54. The molecule has 1 amide bonds. The fourth-order valence-electron chi connectivity index (χ4n) is 7.45. The number of aliphatic hydroxyl groups is 1. The number of nitrogens with zero attached hydrogens (tertiary/aromatic N) is 1. The van der Waals surface area contributed by atoms with Crippen LogP contribution in [0, 0.1) is 0 Å². The van der Waals surface area contributed by atoms with Crippen LogP contribution in [0.1, 0.15) is 232 Å². The van der Waals surface area contributed by atoms with E-state index in [4.69, 9.17) is 9.05 Å². The van der Waals surface area contributed by atoms with Gasteiger partial charge in [0.05, 0.1) is 39.9 Å². The second-order valence-corrected chi connectivity index (χ2v) is 20.3. The average molecular weight is 894 g/mol. The molecule has 0 rings (SSSR count). The minimum absolute atomic E-state index is 0.0559. The summed E-state index contributed by atoms with van der Waals surface area (Å²) in [5, 5.41) is 13.9. The van der Waals surface area contributed by atoms with Crippen molar-refractivity contribution in [2.24, 2.45) is 0 Å². The molecule has 0 spiro atoms. The van der Waals surface area contributed by atoms with E-state index >= 15 is 0 Å². The van der Waals surface area contributed by atoms with E-state index in [1.165, 1.54) is 161 Å². The molecule has 0 aromatic carbocycles. The van der Waals surface area contributed by atoms with Crippen LogP contribution >= 0.6 is 7.82 Å². The Balaban J connectivity index is 4.32. The predicted molar refractivity (Wildman–Crippen MR) is 267 cm³/mol. The van der Waals surface area contributed by atoms with Crippen LogP contribution in [0.5, 0.6) is 0 Å². The van der Waals surface area contributed by atoms with Gasteiger partial charge in [-0.3, -0.25) is 13.8 Å². The summed E-state index contributed by atoms with van der Waals surface area (Å²) >= 11 is 0. The quantitative estimate of drug-likeness (QED) is 0.0243. The Bertz CT molecular complexity index is 1150. The van der Waals surface area contributed by atoms with Gasteiger partial charge in [-0.25, -0.2) is 4.57 Å². The monoisotopic (exact) mass is 894 g/mol. The maximum atomic E-state index is 12.9. The van der Waals surface area contributed by atoms with Crippen LogP contribution in [0.3, 0.4) is 0 Å². The molecule has 3 atom stereocenters. The smallest absolute Gasteiger partial charge is 0.387 e.